The topological polar surface area (TPSA) is 93.6 Å². The Bertz CT molecular complexity index is 825. The molecule has 1 fully saturated rings. The van der Waals surface area contributed by atoms with Crippen LogP contribution in [0.25, 0.3) is 16.5 Å². The smallest absolute Gasteiger partial charge is 0.259 e. The number of nitriles is 1. The van der Waals surface area contributed by atoms with Crippen LogP contribution < -0.4 is 16.2 Å². The zero-order valence-electron chi connectivity index (χ0n) is 11.0. The highest BCUT2D eigenvalue weighted by Crippen LogP contribution is 2.18. The van der Waals surface area contributed by atoms with E-state index < -0.39 is 0 Å². The number of nitrogens with zero attached hydrogens (tertiary/aromatic N) is 2. The summed E-state index contributed by atoms with van der Waals surface area (Å²) in [5.41, 5.74) is 0.454. The summed E-state index contributed by atoms with van der Waals surface area (Å²) in [7, 11) is 0. The van der Waals surface area contributed by atoms with Crippen molar-refractivity contribution in [2.75, 3.05) is 13.1 Å². The Labute approximate surface area is 125 Å². The van der Waals surface area contributed by atoms with E-state index >= 15 is 0 Å². The van der Waals surface area contributed by atoms with E-state index in [0.29, 0.717) is 21.7 Å². The minimum absolute atomic E-state index is 0.231. The zero-order valence-corrected chi connectivity index (χ0v) is 11.8. The van der Waals surface area contributed by atoms with Crippen LogP contribution in [-0.2, 0) is 0 Å². The highest BCUT2D eigenvalue weighted by atomic mass is 35.5. The molecule has 0 radical (unpaired) electrons. The minimum Gasteiger partial charge on any atom is -0.371 e. The highest BCUT2D eigenvalue weighted by Gasteiger charge is 2.15. The summed E-state index contributed by atoms with van der Waals surface area (Å²) in [4.78, 5) is 19.1. The van der Waals surface area contributed by atoms with E-state index in [1.54, 1.807) is 18.2 Å². The van der Waals surface area contributed by atoms with Gasteiger partial charge in [-0.25, -0.2) is 4.98 Å². The fourth-order valence-electron chi connectivity index (χ4n) is 2.21. The molecule has 3 N–H and O–H groups in total. The number of hydrogen-bond donors (Lipinski definition) is 3. The van der Waals surface area contributed by atoms with E-state index in [2.05, 4.69) is 26.7 Å². The second-order valence-electron chi connectivity index (χ2n) is 4.64. The fraction of sp³-hybridized carbons (Fsp3) is 0.214. The molecule has 1 aliphatic heterocycles. The van der Waals surface area contributed by atoms with Crippen LogP contribution >= 0.6 is 11.6 Å². The molecule has 7 heteroatoms. The standard InChI is InChI=1S/C14H12ClN5O/c15-8-2-3-9-11(6-8)19-13(20-14(9)21)10(7-16)12-17-4-1-5-18-12/h2-3,6,17-18H,1,4-5H2,(H,19,20,21). The van der Waals surface area contributed by atoms with Crippen LogP contribution in [0.1, 0.15) is 12.2 Å². The maximum Gasteiger partial charge on any atom is 0.259 e. The lowest BCUT2D eigenvalue weighted by molar-refractivity contribution is 0.575. The summed E-state index contributed by atoms with van der Waals surface area (Å²) in [6, 6.07) is 6.94. The summed E-state index contributed by atoms with van der Waals surface area (Å²) in [6.45, 7) is 1.55. The molecular formula is C14H12ClN5O. The molecule has 2 aromatic rings. The molecule has 0 aliphatic carbocycles. The molecular weight excluding hydrogens is 290 g/mol. The summed E-state index contributed by atoms with van der Waals surface area (Å²) < 4.78 is 0. The second-order valence-corrected chi connectivity index (χ2v) is 5.08. The van der Waals surface area contributed by atoms with Gasteiger partial charge in [-0.15, -0.1) is 0 Å². The average molecular weight is 302 g/mol. The lowest BCUT2D eigenvalue weighted by Gasteiger charge is -2.20. The Balaban J connectivity index is 2.20. The number of aromatic amines is 1. The zero-order chi connectivity index (χ0) is 14.8. The fourth-order valence-corrected chi connectivity index (χ4v) is 2.38. The van der Waals surface area contributed by atoms with Crippen molar-refractivity contribution >= 4 is 28.1 Å². The van der Waals surface area contributed by atoms with Crippen LogP contribution in [0.2, 0.25) is 5.02 Å². The Morgan fingerprint density at radius 3 is 2.81 bits per heavy atom. The van der Waals surface area contributed by atoms with E-state index in [-0.39, 0.29) is 17.0 Å². The van der Waals surface area contributed by atoms with Crippen molar-refractivity contribution in [3.8, 4) is 6.07 Å². The Morgan fingerprint density at radius 1 is 1.33 bits per heavy atom. The molecule has 106 valence electrons. The van der Waals surface area contributed by atoms with Crippen molar-refractivity contribution in [1.82, 2.24) is 20.6 Å². The van der Waals surface area contributed by atoms with Crippen molar-refractivity contribution in [3.63, 3.8) is 0 Å². The van der Waals surface area contributed by atoms with Gasteiger partial charge in [-0.2, -0.15) is 5.26 Å². The molecule has 1 saturated heterocycles. The first-order chi connectivity index (χ1) is 10.2. The molecule has 0 unspecified atom stereocenters. The Kier molecular flexibility index (Phi) is 3.50. The van der Waals surface area contributed by atoms with Gasteiger partial charge in [-0.05, 0) is 24.6 Å². The van der Waals surface area contributed by atoms with Crippen molar-refractivity contribution in [1.29, 1.82) is 5.26 Å². The molecule has 6 nitrogen and oxygen atoms in total. The van der Waals surface area contributed by atoms with Crippen molar-refractivity contribution in [2.45, 2.75) is 6.42 Å². The number of allylic oxidation sites excluding steroid dienone is 1. The van der Waals surface area contributed by atoms with E-state index in [1.807, 2.05) is 0 Å². The first-order valence-electron chi connectivity index (χ1n) is 6.51. The van der Waals surface area contributed by atoms with Gasteiger partial charge in [-0.1, -0.05) is 11.6 Å². The third-order valence-corrected chi connectivity index (χ3v) is 3.46. The lowest BCUT2D eigenvalue weighted by Crippen LogP contribution is -2.36. The maximum absolute atomic E-state index is 12.1. The summed E-state index contributed by atoms with van der Waals surface area (Å²) in [6.07, 6.45) is 0.972. The van der Waals surface area contributed by atoms with Gasteiger partial charge in [0, 0.05) is 18.1 Å². The van der Waals surface area contributed by atoms with Crippen molar-refractivity contribution < 1.29 is 0 Å². The molecule has 1 aromatic heterocycles. The first kappa shape index (κ1) is 13.5. The number of halogens is 1. The van der Waals surface area contributed by atoms with Crippen LogP contribution in [0.4, 0.5) is 0 Å². The molecule has 3 rings (SSSR count). The van der Waals surface area contributed by atoms with Crippen LogP contribution in [0.3, 0.4) is 0 Å². The predicted molar refractivity (Wildman–Crippen MR) is 80.5 cm³/mol. The van der Waals surface area contributed by atoms with Gasteiger partial charge in [0.1, 0.15) is 17.5 Å². The van der Waals surface area contributed by atoms with Gasteiger partial charge in [0.05, 0.1) is 10.9 Å². The van der Waals surface area contributed by atoms with Gasteiger partial charge in [-0.3, -0.25) is 4.79 Å². The quantitative estimate of drug-likeness (QED) is 0.691. The maximum atomic E-state index is 12.1. The number of H-pyrrole nitrogens is 1. The SMILES string of the molecule is N#CC(=C1NCCCN1)c1nc2cc(Cl)ccc2c(=O)[nH]1. The Morgan fingerprint density at radius 2 is 2.10 bits per heavy atom. The predicted octanol–water partition coefficient (Wildman–Crippen LogP) is 1.35. The summed E-state index contributed by atoms with van der Waals surface area (Å²) in [5.74, 6) is 0.822. The van der Waals surface area contributed by atoms with Gasteiger partial charge >= 0.3 is 0 Å². The first-order valence-corrected chi connectivity index (χ1v) is 6.89. The molecule has 0 saturated carbocycles. The summed E-state index contributed by atoms with van der Waals surface area (Å²) in [5, 5.41) is 16.5. The third-order valence-electron chi connectivity index (χ3n) is 3.22. The van der Waals surface area contributed by atoms with E-state index in [4.69, 9.17) is 11.6 Å². The number of rotatable bonds is 1. The average Bonchev–Trinajstić information content (AvgIpc) is 2.48. The van der Waals surface area contributed by atoms with Gasteiger partial charge in [0.2, 0.25) is 0 Å². The van der Waals surface area contributed by atoms with Crippen LogP contribution in [0, 0.1) is 11.3 Å². The molecule has 0 bridgehead atoms. The lowest BCUT2D eigenvalue weighted by atomic mass is 10.2. The number of aromatic nitrogens is 2. The number of fused-ring (bicyclic) bond motifs is 1. The number of hydrogen-bond acceptors (Lipinski definition) is 5. The summed E-state index contributed by atoms with van der Waals surface area (Å²) >= 11 is 5.93. The molecule has 1 aromatic carbocycles. The number of benzene rings is 1. The van der Waals surface area contributed by atoms with Crippen LogP contribution in [0.15, 0.2) is 28.8 Å². The third kappa shape index (κ3) is 2.56. The number of nitrogens with one attached hydrogen (secondary N) is 3. The Hall–Kier alpha value is -2.52. The van der Waals surface area contributed by atoms with E-state index in [0.717, 1.165) is 19.5 Å². The second kappa shape index (κ2) is 5.46. The highest BCUT2D eigenvalue weighted by molar-refractivity contribution is 6.31. The van der Waals surface area contributed by atoms with Crippen molar-refractivity contribution in [2.24, 2.45) is 0 Å². The van der Waals surface area contributed by atoms with E-state index in [9.17, 15) is 10.1 Å². The largest absolute Gasteiger partial charge is 0.371 e. The normalized spacial score (nSPS) is 14.2. The van der Waals surface area contributed by atoms with E-state index in [1.165, 1.54) is 0 Å². The van der Waals surface area contributed by atoms with Gasteiger partial charge < -0.3 is 15.6 Å². The van der Waals surface area contributed by atoms with Crippen LogP contribution in [-0.4, -0.2) is 23.1 Å². The minimum atomic E-state index is -0.296. The molecule has 0 atom stereocenters. The molecule has 1 aliphatic rings. The van der Waals surface area contributed by atoms with Gasteiger partial charge in [0.15, 0.2) is 5.82 Å². The monoisotopic (exact) mass is 301 g/mol. The molecule has 21 heavy (non-hydrogen) atoms. The van der Waals surface area contributed by atoms with Crippen LogP contribution in [0.5, 0.6) is 0 Å². The van der Waals surface area contributed by atoms with Crippen molar-refractivity contribution in [3.05, 3.63) is 45.2 Å². The molecule has 2 heterocycles. The molecule has 0 spiro atoms. The van der Waals surface area contributed by atoms with Gasteiger partial charge in [0.25, 0.3) is 5.56 Å². The molecule has 0 amide bonds.